The Hall–Kier alpha value is -1.39. The minimum atomic E-state index is -0.131. The summed E-state index contributed by atoms with van der Waals surface area (Å²) in [6.07, 6.45) is 2.12. The number of hydrogen-bond donors (Lipinski definition) is 2. The Labute approximate surface area is 122 Å². The van der Waals surface area contributed by atoms with Crippen LogP contribution in [0.25, 0.3) is 0 Å². The van der Waals surface area contributed by atoms with E-state index in [4.69, 9.17) is 5.73 Å². The molecule has 1 amide bonds. The van der Waals surface area contributed by atoms with E-state index in [1.165, 1.54) is 5.56 Å². The molecule has 0 spiro atoms. The maximum atomic E-state index is 12.0. The predicted molar refractivity (Wildman–Crippen MR) is 83.2 cm³/mol. The lowest BCUT2D eigenvalue weighted by molar-refractivity contribution is -0.125. The first-order valence-corrected chi connectivity index (χ1v) is 7.34. The highest BCUT2D eigenvalue weighted by atomic mass is 16.2. The van der Waals surface area contributed by atoms with Crippen LogP contribution in [0.4, 0.5) is 0 Å². The van der Waals surface area contributed by atoms with Crippen LogP contribution in [0.3, 0.4) is 0 Å². The Morgan fingerprint density at radius 1 is 1.40 bits per heavy atom. The van der Waals surface area contributed by atoms with Gasteiger partial charge in [0.05, 0.1) is 6.04 Å². The lowest BCUT2D eigenvalue weighted by Gasteiger charge is -2.24. The first-order chi connectivity index (χ1) is 9.58. The van der Waals surface area contributed by atoms with E-state index >= 15 is 0 Å². The highest BCUT2D eigenvalue weighted by Crippen LogP contribution is 2.09. The fourth-order valence-electron chi connectivity index (χ4n) is 2.02. The second-order valence-electron chi connectivity index (χ2n) is 5.26. The third-order valence-electron chi connectivity index (χ3n) is 3.53. The number of carbonyl (C=O) groups excluding carboxylic acids is 1. The number of hydrogen-bond acceptors (Lipinski definition) is 3. The van der Waals surface area contributed by atoms with Gasteiger partial charge in [-0.2, -0.15) is 0 Å². The van der Waals surface area contributed by atoms with E-state index in [0.717, 1.165) is 31.5 Å². The molecule has 1 rings (SSSR count). The highest BCUT2D eigenvalue weighted by molar-refractivity contribution is 5.81. The van der Waals surface area contributed by atoms with Crippen LogP contribution in [-0.2, 0) is 17.9 Å². The standard InChI is InChI=1S/C16H27N3O/c1-4-5-9-18-16(20)13(2)19(3)12-15-8-6-7-14(10-15)11-17/h6-8,10,13H,4-5,9,11-12,17H2,1-3H3,(H,18,20). The number of nitrogens with two attached hydrogens (primary N) is 1. The molecule has 4 heteroatoms. The van der Waals surface area contributed by atoms with E-state index in [9.17, 15) is 4.79 Å². The molecule has 3 N–H and O–H groups in total. The molecule has 0 bridgehead atoms. The van der Waals surface area contributed by atoms with Gasteiger partial charge >= 0.3 is 0 Å². The molecular formula is C16H27N3O. The quantitative estimate of drug-likeness (QED) is 0.713. The zero-order valence-electron chi connectivity index (χ0n) is 12.9. The summed E-state index contributed by atoms with van der Waals surface area (Å²) in [5, 5.41) is 2.97. The highest BCUT2D eigenvalue weighted by Gasteiger charge is 2.17. The summed E-state index contributed by atoms with van der Waals surface area (Å²) in [7, 11) is 1.97. The van der Waals surface area contributed by atoms with Crippen LogP contribution in [0.2, 0.25) is 0 Å². The number of unbranched alkanes of at least 4 members (excludes halogenated alkanes) is 1. The summed E-state index contributed by atoms with van der Waals surface area (Å²) >= 11 is 0. The SMILES string of the molecule is CCCCNC(=O)C(C)N(C)Cc1cccc(CN)c1. The Kier molecular flexibility index (Phi) is 7.26. The molecule has 0 fully saturated rings. The van der Waals surface area contributed by atoms with Crippen LogP contribution in [0, 0.1) is 0 Å². The topological polar surface area (TPSA) is 58.4 Å². The summed E-state index contributed by atoms with van der Waals surface area (Å²) in [4.78, 5) is 14.1. The Morgan fingerprint density at radius 2 is 2.10 bits per heavy atom. The second kappa shape index (κ2) is 8.72. The van der Waals surface area contributed by atoms with Crippen molar-refractivity contribution >= 4 is 5.91 Å². The number of amides is 1. The van der Waals surface area contributed by atoms with Crippen LogP contribution in [0.5, 0.6) is 0 Å². The monoisotopic (exact) mass is 277 g/mol. The van der Waals surface area contributed by atoms with E-state index in [1.807, 2.05) is 26.1 Å². The van der Waals surface area contributed by atoms with E-state index in [-0.39, 0.29) is 11.9 Å². The third-order valence-corrected chi connectivity index (χ3v) is 3.53. The largest absolute Gasteiger partial charge is 0.355 e. The van der Waals surface area contributed by atoms with E-state index in [0.29, 0.717) is 6.54 Å². The zero-order chi connectivity index (χ0) is 15.0. The van der Waals surface area contributed by atoms with Crippen LogP contribution < -0.4 is 11.1 Å². The van der Waals surface area contributed by atoms with Crippen molar-refractivity contribution in [3.8, 4) is 0 Å². The number of likely N-dealkylation sites (N-methyl/N-ethyl adjacent to an activating group) is 1. The van der Waals surface area contributed by atoms with E-state index < -0.39 is 0 Å². The van der Waals surface area contributed by atoms with Crippen molar-refractivity contribution in [2.45, 2.75) is 45.8 Å². The van der Waals surface area contributed by atoms with Gasteiger partial charge in [-0.25, -0.2) is 0 Å². The van der Waals surface area contributed by atoms with Crippen LogP contribution >= 0.6 is 0 Å². The van der Waals surface area contributed by atoms with Crippen molar-refractivity contribution in [2.24, 2.45) is 5.73 Å². The van der Waals surface area contributed by atoms with Crippen molar-refractivity contribution in [2.75, 3.05) is 13.6 Å². The molecule has 0 aliphatic heterocycles. The molecule has 1 atom stereocenters. The zero-order valence-corrected chi connectivity index (χ0v) is 12.9. The average molecular weight is 277 g/mol. The van der Waals surface area contributed by atoms with Gasteiger partial charge in [0.2, 0.25) is 5.91 Å². The number of rotatable bonds is 8. The lowest BCUT2D eigenvalue weighted by Crippen LogP contribution is -2.43. The van der Waals surface area contributed by atoms with Crippen molar-refractivity contribution in [1.29, 1.82) is 0 Å². The molecular weight excluding hydrogens is 250 g/mol. The molecule has 0 aromatic heterocycles. The van der Waals surface area contributed by atoms with Gasteiger partial charge in [0, 0.05) is 19.6 Å². The lowest BCUT2D eigenvalue weighted by atomic mass is 10.1. The van der Waals surface area contributed by atoms with Gasteiger partial charge in [-0.15, -0.1) is 0 Å². The van der Waals surface area contributed by atoms with Crippen molar-refractivity contribution in [3.05, 3.63) is 35.4 Å². The Morgan fingerprint density at radius 3 is 2.75 bits per heavy atom. The minimum Gasteiger partial charge on any atom is -0.355 e. The van der Waals surface area contributed by atoms with Gasteiger partial charge in [0.1, 0.15) is 0 Å². The van der Waals surface area contributed by atoms with Crippen LogP contribution in [0.1, 0.15) is 37.8 Å². The number of carbonyl (C=O) groups is 1. The number of nitrogens with one attached hydrogen (secondary N) is 1. The molecule has 0 aliphatic carbocycles. The average Bonchev–Trinajstić information content (AvgIpc) is 2.46. The molecule has 1 aromatic rings. The van der Waals surface area contributed by atoms with E-state index in [1.54, 1.807) is 0 Å². The fourth-order valence-corrected chi connectivity index (χ4v) is 2.02. The maximum Gasteiger partial charge on any atom is 0.237 e. The maximum absolute atomic E-state index is 12.0. The first kappa shape index (κ1) is 16.7. The Bertz CT molecular complexity index is 420. The number of benzene rings is 1. The van der Waals surface area contributed by atoms with Gasteiger partial charge in [0.25, 0.3) is 0 Å². The summed E-state index contributed by atoms with van der Waals surface area (Å²) in [6, 6.07) is 8.06. The summed E-state index contributed by atoms with van der Waals surface area (Å²) < 4.78 is 0. The van der Waals surface area contributed by atoms with Crippen molar-refractivity contribution in [3.63, 3.8) is 0 Å². The van der Waals surface area contributed by atoms with Gasteiger partial charge in [-0.1, -0.05) is 37.6 Å². The smallest absolute Gasteiger partial charge is 0.237 e. The number of nitrogens with zero attached hydrogens (tertiary/aromatic N) is 1. The normalized spacial score (nSPS) is 12.4. The molecule has 1 unspecified atom stereocenters. The molecule has 112 valence electrons. The summed E-state index contributed by atoms with van der Waals surface area (Å²) in [5.41, 5.74) is 7.95. The Balaban J connectivity index is 2.51. The second-order valence-corrected chi connectivity index (χ2v) is 5.26. The van der Waals surface area contributed by atoms with Crippen molar-refractivity contribution in [1.82, 2.24) is 10.2 Å². The fraction of sp³-hybridized carbons (Fsp3) is 0.562. The van der Waals surface area contributed by atoms with Crippen LogP contribution in [0.15, 0.2) is 24.3 Å². The molecule has 1 aromatic carbocycles. The minimum absolute atomic E-state index is 0.0935. The molecule has 0 saturated heterocycles. The van der Waals surface area contributed by atoms with Gasteiger partial charge in [-0.3, -0.25) is 9.69 Å². The molecule has 0 heterocycles. The van der Waals surface area contributed by atoms with Crippen LogP contribution in [-0.4, -0.2) is 30.4 Å². The molecule has 0 radical (unpaired) electrons. The van der Waals surface area contributed by atoms with Gasteiger partial charge < -0.3 is 11.1 Å². The summed E-state index contributed by atoms with van der Waals surface area (Å²) in [5.74, 6) is 0.0935. The van der Waals surface area contributed by atoms with Gasteiger partial charge in [0.15, 0.2) is 0 Å². The van der Waals surface area contributed by atoms with E-state index in [2.05, 4.69) is 29.3 Å². The first-order valence-electron chi connectivity index (χ1n) is 7.34. The van der Waals surface area contributed by atoms with Crippen molar-refractivity contribution < 1.29 is 4.79 Å². The van der Waals surface area contributed by atoms with Gasteiger partial charge in [-0.05, 0) is 31.5 Å². The molecule has 4 nitrogen and oxygen atoms in total. The molecule has 0 aliphatic rings. The third kappa shape index (κ3) is 5.31. The molecule has 20 heavy (non-hydrogen) atoms. The molecule has 0 saturated carbocycles. The summed E-state index contributed by atoms with van der Waals surface area (Å²) in [6.45, 7) is 6.11. The predicted octanol–water partition coefficient (Wildman–Crippen LogP) is 1.88.